The fraction of sp³-hybridized carbons (Fsp3) is 0.857. The molecule has 0 aliphatic rings. The predicted octanol–water partition coefficient (Wildman–Crippen LogP) is 1.33. The summed E-state index contributed by atoms with van der Waals surface area (Å²) in [5.74, 6) is 0. The van der Waals surface area contributed by atoms with Gasteiger partial charge in [-0.05, 0) is 13.8 Å². The summed E-state index contributed by atoms with van der Waals surface area (Å²) in [6.07, 6.45) is 0.419. The summed E-state index contributed by atoms with van der Waals surface area (Å²) in [5, 5.41) is 8.71. The number of nitrogens with zero attached hydrogens (tertiary/aromatic N) is 1. The van der Waals surface area contributed by atoms with Crippen LogP contribution in [-0.2, 0) is 4.74 Å². The molecule has 0 rings (SSSR count). The van der Waals surface area contributed by atoms with Crippen LogP contribution in [0.15, 0.2) is 0 Å². The molecule has 3 heteroatoms. The summed E-state index contributed by atoms with van der Waals surface area (Å²) < 4.78 is 26.5. The molecule has 1 atom stereocenters. The van der Waals surface area contributed by atoms with Gasteiger partial charge in [-0.15, -0.1) is 0 Å². The SMILES string of the molecule is [2H]C([2H])([2H])C(C)(C#N)OC[SiH](C)C. The van der Waals surface area contributed by atoms with Gasteiger partial charge in [-0.2, -0.15) is 5.26 Å². The van der Waals surface area contributed by atoms with Crippen molar-refractivity contribution in [2.45, 2.75) is 32.5 Å². The molecule has 58 valence electrons. The van der Waals surface area contributed by atoms with Gasteiger partial charge in [0.15, 0.2) is 0 Å². The van der Waals surface area contributed by atoms with Gasteiger partial charge in [0.05, 0.1) is 14.9 Å². The van der Waals surface area contributed by atoms with Crippen molar-refractivity contribution < 1.29 is 8.85 Å². The van der Waals surface area contributed by atoms with Crippen LogP contribution in [0.25, 0.3) is 0 Å². The molecule has 0 saturated carbocycles. The maximum atomic E-state index is 8.71. The highest BCUT2D eigenvalue weighted by Gasteiger charge is 2.16. The molecule has 0 heterocycles. The van der Waals surface area contributed by atoms with Gasteiger partial charge in [-0.1, -0.05) is 13.1 Å². The van der Waals surface area contributed by atoms with E-state index in [9.17, 15) is 0 Å². The minimum absolute atomic E-state index is 0.419. The molecule has 1 unspecified atom stereocenters. The highest BCUT2D eigenvalue weighted by atomic mass is 28.3. The van der Waals surface area contributed by atoms with Gasteiger partial charge in [-0.25, -0.2) is 0 Å². The van der Waals surface area contributed by atoms with E-state index in [4.69, 9.17) is 14.1 Å². The van der Waals surface area contributed by atoms with Crippen molar-refractivity contribution in [3.05, 3.63) is 0 Å². The van der Waals surface area contributed by atoms with E-state index in [0.29, 0.717) is 6.23 Å². The first kappa shape index (κ1) is 5.33. The summed E-state index contributed by atoms with van der Waals surface area (Å²) in [7, 11) is -0.979. The molecule has 0 amide bonds. The Kier molecular flexibility index (Phi) is 2.00. The van der Waals surface area contributed by atoms with Gasteiger partial charge < -0.3 is 4.74 Å². The van der Waals surface area contributed by atoms with Crippen molar-refractivity contribution in [2.24, 2.45) is 0 Å². The van der Waals surface area contributed by atoms with E-state index in [-0.39, 0.29) is 0 Å². The molecule has 0 aromatic heterocycles. The van der Waals surface area contributed by atoms with E-state index in [1.807, 2.05) is 13.1 Å². The molecular weight excluding hydrogens is 142 g/mol. The van der Waals surface area contributed by atoms with Gasteiger partial charge in [0.25, 0.3) is 0 Å². The van der Waals surface area contributed by atoms with Crippen molar-refractivity contribution in [3.8, 4) is 6.07 Å². The van der Waals surface area contributed by atoms with E-state index in [1.54, 1.807) is 6.07 Å². The number of nitriles is 1. The standard InChI is InChI=1S/C7H15NOSi/c1-7(2,5-8)9-6-10(3)4/h10H,6H2,1-4H3/i1D3. The number of rotatable bonds is 3. The zero-order chi connectivity index (χ0) is 10.7. The highest BCUT2D eigenvalue weighted by molar-refractivity contribution is 6.55. The van der Waals surface area contributed by atoms with Crippen LogP contribution >= 0.6 is 0 Å². The molecule has 0 radical (unpaired) electrons. The van der Waals surface area contributed by atoms with Crippen LogP contribution in [0.1, 0.15) is 17.9 Å². The minimum atomic E-state index is -2.37. The quantitative estimate of drug-likeness (QED) is 0.584. The van der Waals surface area contributed by atoms with E-state index in [0.717, 1.165) is 0 Å². The number of hydrogen-bond acceptors (Lipinski definition) is 2. The molecule has 0 aliphatic heterocycles. The lowest BCUT2D eigenvalue weighted by molar-refractivity contribution is 0.0548. The van der Waals surface area contributed by atoms with E-state index >= 15 is 0 Å². The molecule has 0 spiro atoms. The second-order valence-electron chi connectivity index (χ2n) is 2.85. The van der Waals surface area contributed by atoms with Crippen molar-refractivity contribution in [3.63, 3.8) is 0 Å². The summed E-state index contributed by atoms with van der Waals surface area (Å²) >= 11 is 0. The zero-order valence-corrected chi connectivity index (χ0v) is 7.79. The Balaban J connectivity index is 4.41. The van der Waals surface area contributed by atoms with Crippen molar-refractivity contribution in [2.75, 3.05) is 6.23 Å². The lowest BCUT2D eigenvalue weighted by atomic mass is 10.2. The smallest absolute Gasteiger partial charge is 0.148 e. The first-order valence-corrected chi connectivity index (χ1v) is 6.41. The Morgan fingerprint density at radius 2 is 2.40 bits per heavy atom. The lowest BCUT2D eigenvalue weighted by Crippen LogP contribution is -2.26. The van der Waals surface area contributed by atoms with E-state index in [1.165, 1.54) is 6.92 Å². The second-order valence-corrected chi connectivity index (χ2v) is 5.97. The first-order chi connectivity index (χ1) is 5.73. The van der Waals surface area contributed by atoms with Crippen molar-refractivity contribution in [1.82, 2.24) is 0 Å². The van der Waals surface area contributed by atoms with Crippen LogP contribution in [0.3, 0.4) is 0 Å². The van der Waals surface area contributed by atoms with Crippen molar-refractivity contribution in [1.29, 1.82) is 5.26 Å². The van der Waals surface area contributed by atoms with Crippen LogP contribution in [-0.4, -0.2) is 20.6 Å². The highest BCUT2D eigenvalue weighted by Crippen LogP contribution is 2.06. The minimum Gasteiger partial charge on any atom is -0.364 e. The molecule has 0 N–H and O–H groups in total. The largest absolute Gasteiger partial charge is 0.364 e. The van der Waals surface area contributed by atoms with Gasteiger partial charge in [0.1, 0.15) is 5.60 Å². The van der Waals surface area contributed by atoms with E-state index in [2.05, 4.69) is 0 Å². The van der Waals surface area contributed by atoms with Crippen LogP contribution in [0.2, 0.25) is 13.1 Å². The van der Waals surface area contributed by atoms with Gasteiger partial charge in [-0.3, -0.25) is 0 Å². The third-order valence-electron chi connectivity index (χ3n) is 0.919. The molecule has 0 bridgehead atoms. The van der Waals surface area contributed by atoms with Crippen molar-refractivity contribution >= 4 is 8.80 Å². The molecule has 0 aliphatic carbocycles. The van der Waals surface area contributed by atoms with Crippen LogP contribution < -0.4 is 0 Å². The maximum Gasteiger partial charge on any atom is 0.148 e. The fourth-order valence-corrected chi connectivity index (χ4v) is 1.03. The normalized spacial score (nSPS) is 22.1. The van der Waals surface area contributed by atoms with Gasteiger partial charge in [0, 0.05) is 10.3 Å². The molecule has 0 aromatic rings. The van der Waals surface area contributed by atoms with Crippen LogP contribution in [0, 0.1) is 11.3 Å². The number of ether oxygens (including phenoxy) is 1. The summed E-state index contributed by atoms with van der Waals surface area (Å²) in [4.78, 5) is 0. The topological polar surface area (TPSA) is 33.0 Å². The van der Waals surface area contributed by atoms with Gasteiger partial charge in [0.2, 0.25) is 0 Å². The summed E-state index contributed by atoms with van der Waals surface area (Å²) in [6.45, 7) is 3.02. The molecule has 0 fully saturated rings. The third kappa shape index (κ3) is 4.54. The molecule has 0 aromatic carbocycles. The third-order valence-corrected chi connectivity index (χ3v) is 1.75. The average Bonchev–Trinajstić information content (AvgIpc) is 1.98. The Labute approximate surface area is 68.6 Å². The summed E-state index contributed by atoms with van der Waals surface area (Å²) in [5.41, 5.74) is -1.65. The molecule has 2 nitrogen and oxygen atoms in total. The number of hydrogen-bond donors (Lipinski definition) is 0. The monoisotopic (exact) mass is 160 g/mol. The zero-order valence-electron chi connectivity index (χ0n) is 9.64. The lowest BCUT2D eigenvalue weighted by Gasteiger charge is -2.17. The fourth-order valence-electron chi connectivity index (χ4n) is 0.366. The molecular formula is C7H15NOSi. The van der Waals surface area contributed by atoms with E-state index < -0.39 is 21.2 Å². The van der Waals surface area contributed by atoms with Crippen LogP contribution in [0.5, 0.6) is 0 Å². The average molecular weight is 160 g/mol. The Morgan fingerprint density at radius 1 is 1.80 bits per heavy atom. The van der Waals surface area contributed by atoms with Crippen LogP contribution in [0.4, 0.5) is 0 Å². The Bertz CT molecular complexity index is 211. The summed E-state index contributed by atoms with van der Waals surface area (Å²) in [6, 6.07) is 1.71. The Hall–Kier alpha value is -0.333. The Morgan fingerprint density at radius 3 is 2.70 bits per heavy atom. The predicted molar refractivity (Wildman–Crippen MR) is 44.5 cm³/mol. The maximum absolute atomic E-state index is 8.71. The second kappa shape index (κ2) is 3.74. The first-order valence-electron chi connectivity index (χ1n) is 4.78. The molecule has 10 heavy (non-hydrogen) atoms. The van der Waals surface area contributed by atoms with Gasteiger partial charge >= 0.3 is 0 Å². The molecule has 0 saturated heterocycles.